The molecule has 0 aliphatic heterocycles. The van der Waals surface area contributed by atoms with E-state index in [-0.39, 0.29) is 17.3 Å². The first-order chi connectivity index (χ1) is 9.48. The minimum atomic E-state index is -3.29. The quantitative estimate of drug-likeness (QED) is 0.921. The van der Waals surface area contributed by atoms with Crippen molar-refractivity contribution in [2.24, 2.45) is 5.73 Å². The lowest BCUT2D eigenvalue weighted by molar-refractivity contribution is 0.594. The maximum atomic E-state index is 12.8. The average Bonchev–Trinajstić information content (AvgIpc) is 2.41. The van der Waals surface area contributed by atoms with Gasteiger partial charge in [-0.25, -0.2) is 12.8 Å². The van der Waals surface area contributed by atoms with E-state index < -0.39 is 9.84 Å². The number of benzene rings is 2. The van der Waals surface area contributed by atoms with Crippen molar-refractivity contribution in [2.45, 2.75) is 18.1 Å². The predicted molar refractivity (Wildman–Crippen MR) is 77.1 cm³/mol. The number of hydrogen-bond donors (Lipinski definition) is 1. The van der Waals surface area contributed by atoms with Crippen molar-refractivity contribution in [3.63, 3.8) is 0 Å². The molecule has 0 spiro atoms. The Morgan fingerprint density at radius 2 is 1.50 bits per heavy atom. The van der Waals surface area contributed by atoms with Crippen LogP contribution < -0.4 is 5.73 Å². The minimum absolute atomic E-state index is 0.0434. The van der Waals surface area contributed by atoms with Crippen molar-refractivity contribution >= 4 is 9.84 Å². The first kappa shape index (κ1) is 14.7. The zero-order chi connectivity index (χ0) is 14.6. The average molecular weight is 293 g/mol. The molecule has 0 atom stereocenters. The fraction of sp³-hybridized carbons (Fsp3) is 0.200. The van der Waals surface area contributed by atoms with Crippen LogP contribution >= 0.6 is 0 Å². The Balaban J connectivity index is 2.12. The van der Waals surface area contributed by atoms with E-state index in [1.165, 1.54) is 24.3 Å². The van der Waals surface area contributed by atoms with Crippen LogP contribution in [0.2, 0.25) is 0 Å². The van der Waals surface area contributed by atoms with E-state index in [0.717, 1.165) is 11.1 Å². The molecule has 0 aromatic heterocycles. The van der Waals surface area contributed by atoms with Gasteiger partial charge in [-0.3, -0.25) is 0 Å². The van der Waals surface area contributed by atoms with Crippen LogP contribution in [0.5, 0.6) is 0 Å². The van der Waals surface area contributed by atoms with Crippen LogP contribution in [0.15, 0.2) is 48.5 Å². The summed E-state index contributed by atoms with van der Waals surface area (Å²) in [5, 5.41) is 0. The Kier molecular flexibility index (Phi) is 4.52. The molecule has 0 saturated carbocycles. The fourth-order valence-electron chi connectivity index (χ4n) is 1.99. The zero-order valence-electron chi connectivity index (χ0n) is 10.9. The van der Waals surface area contributed by atoms with Gasteiger partial charge in [0.25, 0.3) is 0 Å². The van der Waals surface area contributed by atoms with Crippen LogP contribution in [-0.2, 0) is 27.9 Å². The molecule has 2 rings (SSSR count). The van der Waals surface area contributed by atoms with Gasteiger partial charge in [-0.15, -0.1) is 0 Å². The standard InChI is InChI=1S/C15H16FNO2S/c16-15-6-4-12(5-7-15)10-20(18,19)11-14-3-1-2-13(8-14)9-17/h1-8H,9-11,17H2. The van der Waals surface area contributed by atoms with Gasteiger partial charge in [0.15, 0.2) is 9.84 Å². The third kappa shape index (κ3) is 4.15. The van der Waals surface area contributed by atoms with Crippen molar-refractivity contribution in [1.82, 2.24) is 0 Å². The van der Waals surface area contributed by atoms with Gasteiger partial charge in [-0.2, -0.15) is 0 Å². The Morgan fingerprint density at radius 3 is 2.15 bits per heavy atom. The molecule has 0 radical (unpaired) electrons. The van der Waals surface area contributed by atoms with Gasteiger partial charge in [0.2, 0.25) is 0 Å². The van der Waals surface area contributed by atoms with Crippen LogP contribution in [0.4, 0.5) is 4.39 Å². The molecule has 0 aliphatic carbocycles. The zero-order valence-corrected chi connectivity index (χ0v) is 11.7. The Morgan fingerprint density at radius 1 is 0.900 bits per heavy atom. The van der Waals surface area contributed by atoms with E-state index in [1.807, 2.05) is 6.07 Å². The van der Waals surface area contributed by atoms with Crippen molar-refractivity contribution in [3.8, 4) is 0 Å². The van der Waals surface area contributed by atoms with Gasteiger partial charge in [0.1, 0.15) is 5.82 Å². The molecule has 2 aromatic rings. The monoisotopic (exact) mass is 293 g/mol. The molecule has 3 nitrogen and oxygen atoms in total. The molecule has 106 valence electrons. The molecule has 0 aliphatic rings. The van der Waals surface area contributed by atoms with E-state index in [0.29, 0.717) is 12.1 Å². The van der Waals surface area contributed by atoms with Crippen LogP contribution in [0.25, 0.3) is 0 Å². The molecule has 2 N–H and O–H groups in total. The Hall–Kier alpha value is -1.72. The largest absolute Gasteiger partial charge is 0.326 e. The molecule has 0 heterocycles. The number of hydrogen-bond acceptors (Lipinski definition) is 3. The molecular weight excluding hydrogens is 277 g/mol. The third-order valence-electron chi connectivity index (χ3n) is 2.91. The topological polar surface area (TPSA) is 60.2 Å². The summed E-state index contributed by atoms with van der Waals surface area (Å²) in [6.45, 7) is 0.381. The lowest BCUT2D eigenvalue weighted by Crippen LogP contribution is -2.08. The lowest BCUT2D eigenvalue weighted by atomic mass is 10.1. The fourth-order valence-corrected chi connectivity index (χ4v) is 3.48. The van der Waals surface area contributed by atoms with Gasteiger partial charge >= 0.3 is 0 Å². The highest BCUT2D eigenvalue weighted by molar-refractivity contribution is 7.89. The van der Waals surface area contributed by atoms with Gasteiger partial charge < -0.3 is 5.73 Å². The molecule has 0 fully saturated rings. The van der Waals surface area contributed by atoms with Gasteiger partial charge in [-0.1, -0.05) is 36.4 Å². The van der Waals surface area contributed by atoms with Gasteiger partial charge in [-0.05, 0) is 28.8 Å². The second kappa shape index (κ2) is 6.15. The Labute approximate surface area is 118 Å². The van der Waals surface area contributed by atoms with Crippen molar-refractivity contribution in [3.05, 3.63) is 71.0 Å². The van der Waals surface area contributed by atoms with E-state index in [2.05, 4.69) is 0 Å². The van der Waals surface area contributed by atoms with Crippen molar-refractivity contribution in [2.75, 3.05) is 0 Å². The normalized spacial score (nSPS) is 11.5. The van der Waals surface area contributed by atoms with Crippen LogP contribution in [0, 0.1) is 5.82 Å². The maximum Gasteiger partial charge on any atom is 0.158 e. The first-order valence-electron chi connectivity index (χ1n) is 6.21. The number of nitrogens with two attached hydrogens (primary N) is 1. The van der Waals surface area contributed by atoms with Crippen LogP contribution in [0.3, 0.4) is 0 Å². The number of rotatable bonds is 5. The molecule has 0 saturated heterocycles. The van der Waals surface area contributed by atoms with Crippen molar-refractivity contribution < 1.29 is 12.8 Å². The minimum Gasteiger partial charge on any atom is -0.326 e. The lowest BCUT2D eigenvalue weighted by Gasteiger charge is -2.06. The van der Waals surface area contributed by atoms with Crippen LogP contribution in [0.1, 0.15) is 16.7 Å². The molecule has 5 heteroatoms. The smallest absolute Gasteiger partial charge is 0.158 e. The third-order valence-corrected chi connectivity index (χ3v) is 4.46. The first-order valence-corrected chi connectivity index (χ1v) is 8.03. The Bertz CT molecular complexity index is 681. The van der Waals surface area contributed by atoms with Gasteiger partial charge in [0.05, 0.1) is 11.5 Å². The molecule has 0 unspecified atom stereocenters. The highest BCUT2D eigenvalue weighted by atomic mass is 32.2. The van der Waals surface area contributed by atoms with Crippen molar-refractivity contribution in [1.29, 1.82) is 0 Å². The molecular formula is C15H16FNO2S. The van der Waals surface area contributed by atoms with E-state index in [9.17, 15) is 12.8 Å². The van der Waals surface area contributed by atoms with E-state index in [1.54, 1.807) is 18.2 Å². The number of sulfone groups is 1. The summed E-state index contributed by atoms with van der Waals surface area (Å²) in [7, 11) is -3.29. The SMILES string of the molecule is NCc1cccc(CS(=O)(=O)Cc2ccc(F)cc2)c1. The van der Waals surface area contributed by atoms with Crippen LogP contribution in [-0.4, -0.2) is 8.42 Å². The summed E-state index contributed by atoms with van der Waals surface area (Å²) in [4.78, 5) is 0. The molecule has 2 aromatic carbocycles. The second-order valence-corrected chi connectivity index (χ2v) is 6.75. The predicted octanol–water partition coefficient (Wildman–Crippen LogP) is 2.40. The highest BCUT2D eigenvalue weighted by Crippen LogP contribution is 2.14. The molecule has 0 bridgehead atoms. The summed E-state index contributed by atoms with van der Waals surface area (Å²) < 4.78 is 37.0. The molecule has 0 amide bonds. The molecule has 20 heavy (non-hydrogen) atoms. The summed E-state index contributed by atoms with van der Waals surface area (Å²) in [5.74, 6) is -0.514. The summed E-state index contributed by atoms with van der Waals surface area (Å²) in [6, 6.07) is 12.7. The summed E-state index contributed by atoms with van der Waals surface area (Å²) in [5.41, 5.74) is 7.74. The highest BCUT2D eigenvalue weighted by Gasteiger charge is 2.13. The van der Waals surface area contributed by atoms with E-state index in [4.69, 9.17) is 5.73 Å². The van der Waals surface area contributed by atoms with E-state index >= 15 is 0 Å². The maximum absolute atomic E-state index is 12.8. The number of halogens is 1. The summed E-state index contributed by atoms with van der Waals surface area (Å²) in [6.07, 6.45) is 0. The second-order valence-electron chi connectivity index (χ2n) is 4.68. The van der Waals surface area contributed by atoms with Gasteiger partial charge in [0, 0.05) is 6.54 Å². The summed E-state index contributed by atoms with van der Waals surface area (Å²) >= 11 is 0.